The Bertz CT molecular complexity index is 677. The number of fused-ring (bicyclic) bond motifs is 2. The lowest BCUT2D eigenvalue weighted by Gasteiger charge is -2.11. The van der Waals surface area contributed by atoms with E-state index >= 15 is 0 Å². The predicted molar refractivity (Wildman–Crippen MR) is 78.0 cm³/mol. The van der Waals surface area contributed by atoms with Crippen LogP contribution in [0.5, 0.6) is 0 Å². The molecule has 2 aliphatic carbocycles. The molecule has 2 nitrogen and oxygen atoms in total. The van der Waals surface area contributed by atoms with Gasteiger partial charge >= 0.3 is 0 Å². The molecule has 1 aromatic carbocycles. The molecule has 19 heavy (non-hydrogen) atoms. The lowest BCUT2D eigenvalue weighted by Crippen LogP contribution is -2.07. The molecule has 0 saturated heterocycles. The Morgan fingerprint density at radius 3 is 2.58 bits per heavy atom. The predicted octanol–water partition coefficient (Wildman–Crippen LogP) is 3.51. The average Bonchev–Trinajstić information content (AvgIpc) is 3.04. The smallest absolute Gasteiger partial charge is 0.133 e. The van der Waals surface area contributed by atoms with E-state index in [0.717, 1.165) is 36.1 Å². The highest BCUT2D eigenvalue weighted by molar-refractivity contribution is 7.71. The number of hydrogen-bond donors (Lipinski definition) is 1. The van der Waals surface area contributed by atoms with Crippen LogP contribution >= 0.6 is 12.2 Å². The van der Waals surface area contributed by atoms with Gasteiger partial charge in [-0.05, 0) is 43.2 Å². The Kier molecular flexibility index (Phi) is 2.55. The highest BCUT2D eigenvalue weighted by atomic mass is 32.1. The van der Waals surface area contributed by atoms with Crippen LogP contribution in [-0.2, 0) is 25.7 Å². The van der Waals surface area contributed by atoms with Crippen LogP contribution in [0, 0.1) is 4.64 Å². The van der Waals surface area contributed by atoms with Crippen molar-refractivity contribution in [2.45, 2.75) is 38.0 Å². The molecule has 4 rings (SSSR count). The zero-order chi connectivity index (χ0) is 12.8. The summed E-state index contributed by atoms with van der Waals surface area (Å²) >= 11 is 5.46. The van der Waals surface area contributed by atoms with Crippen LogP contribution in [0.15, 0.2) is 24.3 Å². The van der Waals surface area contributed by atoms with Crippen molar-refractivity contribution in [3.63, 3.8) is 0 Å². The summed E-state index contributed by atoms with van der Waals surface area (Å²) in [5, 5.41) is 0. The largest absolute Gasteiger partial charge is 0.347 e. The molecule has 0 aliphatic heterocycles. The first kappa shape index (κ1) is 11.4. The molecule has 0 fully saturated rings. The van der Waals surface area contributed by atoms with E-state index in [1.165, 1.54) is 28.8 Å². The molecule has 3 heteroatoms. The Labute approximate surface area is 117 Å². The van der Waals surface area contributed by atoms with E-state index in [1.54, 1.807) is 0 Å². The van der Waals surface area contributed by atoms with Gasteiger partial charge in [0.2, 0.25) is 0 Å². The first-order chi connectivity index (χ1) is 9.31. The van der Waals surface area contributed by atoms with E-state index in [4.69, 9.17) is 12.2 Å². The van der Waals surface area contributed by atoms with E-state index in [-0.39, 0.29) is 0 Å². The van der Waals surface area contributed by atoms with Crippen molar-refractivity contribution in [3.05, 3.63) is 57.1 Å². The summed E-state index contributed by atoms with van der Waals surface area (Å²) in [5.74, 6) is 1.58. The topological polar surface area (TPSA) is 28.7 Å². The van der Waals surface area contributed by atoms with Crippen LogP contribution in [-0.4, -0.2) is 9.97 Å². The molecule has 1 heterocycles. The maximum absolute atomic E-state index is 5.46. The van der Waals surface area contributed by atoms with Crippen LogP contribution < -0.4 is 0 Å². The summed E-state index contributed by atoms with van der Waals surface area (Å²) in [4.78, 5) is 8.23. The van der Waals surface area contributed by atoms with Crippen LogP contribution in [0.3, 0.4) is 0 Å². The van der Waals surface area contributed by atoms with Crippen molar-refractivity contribution in [3.8, 4) is 0 Å². The number of benzene rings is 1. The zero-order valence-corrected chi connectivity index (χ0v) is 11.6. The van der Waals surface area contributed by atoms with E-state index in [2.05, 4.69) is 34.2 Å². The highest BCUT2D eigenvalue weighted by Gasteiger charge is 2.25. The minimum atomic E-state index is 0.477. The molecule has 0 bridgehead atoms. The monoisotopic (exact) mass is 268 g/mol. The number of aromatic nitrogens is 2. The molecule has 0 spiro atoms. The standard InChI is InChI=1S/C16H16N2S/c19-16-13-6-3-7-14(13)17-15(18-16)12-8-10-4-1-2-5-11(10)9-12/h1-2,4-5,12H,3,6-9H2,(H,17,18,19). The minimum absolute atomic E-state index is 0.477. The van der Waals surface area contributed by atoms with Crippen molar-refractivity contribution >= 4 is 12.2 Å². The Hall–Kier alpha value is -1.48. The third-order valence-electron chi connectivity index (χ3n) is 4.41. The van der Waals surface area contributed by atoms with Gasteiger partial charge in [0, 0.05) is 17.2 Å². The summed E-state index contributed by atoms with van der Waals surface area (Å²) in [7, 11) is 0. The quantitative estimate of drug-likeness (QED) is 0.802. The lowest BCUT2D eigenvalue weighted by atomic mass is 10.1. The van der Waals surface area contributed by atoms with Gasteiger partial charge in [-0.1, -0.05) is 36.5 Å². The highest BCUT2D eigenvalue weighted by Crippen LogP contribution is 2.33. The second-order valence-electron chi connectivity index (χ2n) is 5.61. The number of nitrogens with zero attached hydrogens (tertiary/aromatic N) is 1. The first-order valence-electron chi connectivity index (χ1n) is 7.00. The van der Waals surface area contributed by atoms with Crippen molar-refractivity contribution in [1.29, 1.82) is 0 Å². The van der Waals surface area contributed by atoms with Gasteiger partial charge in [0.1, 0.15) is 10.5 Å². The van der Waals surface area contributed by atoms with Crippen molar-refractivity contribution in [1.82, 2.24) is 9.97 Å². The number of H-pyrrole nitrogens is 1. The third-order valence-corrected chi connectivity index (χ3v) is 4.75. The molecular weight excluding hydrogens is 252 g/mol. The van der Waals surface area contributed by atoms with Crippen LogP contribution in [0.2, 0.25) is 0 Å². The van der Waals surface area contributed by atoms with E-state index in [0.29, 0.717) is 5.92 Å². The number of hydrogen-bond acceptors (Lipinski definition) is 2. The maximum Gasteiger partial charge on any atom is 0.133 e. The molecule has 2 aromatic rings. The number of nitrogens with one attached hydrogen (secondary N) is 1. The molecule has 0 radical (unpaired) electrons. The normalized spacial score (nSPS) is 17.5. The summed E-state index contributed by atoms with van der Waals surface area (Å²) in [5.41, 5.74) is 5.56. The second kappa shape index (κ2) is 4.27. The Morgan fingerprint density at radius 2 is 1.84 bits per heavy atom. The second-order valence-corrected chi connectivity index (χ2v) is 6.00. The fraction of sp³-hybridized carbons (Fsp3) is 0.375. The average molecular weight is 268 g/mol. The molecule has 0 atom stereocenters. The van der Waals surface area contributed by atoms with Gasteiger partial charge in [-0.15, -0.1) is 0 Å². The lowest BCUT2D eigenvalue weighted by molar-refractivity contribution is 0.673. The maximum atomic E-state index is 5.46. The van der Waals surface area contributed by atoms with Crippen LogP contribution in [0.4, 0.5) is 0 Å². The SMILES string of the molecule is S=c1nc(C2Cc3ccccc3C2)[nH]c2c1CCC2. The van der Waals surface area contributed by atoms with Crippen molar-refractivity contribution < 1.29 is 0 Å². The van der Waals surface area contributed by atoms with Crippen LogP contribution in [0.25, 0.3) is 0 Å². The number of rotatable bonds is 1. The van der Waals surface area contributed by atoms with Gasteiger partial charge in [0.05, 0.1) is 0 Å². The van der Waals surface area contributed by atoms with Gasteiger partial charge < -0.3 is 4.98 Å². The van der Waals surface area contributed by atoms with Gasteiger partial charge in [-0.2, -0.15) is 0 Å². The fourth-order valence-corrected chi connectivity index (χ4v) is 3.75. The Balaban J connectivity index is 1.72. The summed E-state index contributed by atoms with van der Waals surface area (Å²) < 4.78 is 0.831. The first-order valence-corrected chi connectivity index (χ1v) is 7.41. The molecule has 96 valence electrons. The van der Waals surface area contributed by atoms with Gasteiger partial charge in [-0.25, -0.2) is 4.98 Å². The molecule has 2 aliphatic rings. The summed E-state index contributed by atoms with van der Waals surface area (Å²) in [6.07, 6.45) is 5.63. The Morgan fingerprint density at radius 1 is 1.11 bits per heavy atom. The summed E-state index contributed by atoms with van der Waals surface area (Å²) in [6, 6.07) is 8.72. The zero-order valence-electron chi connectivity index (χ0n) is 10.8. The molecule has 1 aromatic heterocycles. The van der Waals surface area contributed by atoms with Gasteiger partial charge in [0.15, 0.2) is 0 Å². The molecule has 1 N–H and O–H groups in total. The van der Waals surface area contributed by atoms with E-state index in [1.807, 2.05) is 0 Å². The van der Waals surface area contributed by atoms with Crippen molar-refractivity contribution in [2.75, 3.05) is 0 Å². The van der Waals surface area contributed by atoms with Crippen LogP contribution in [0.1, 0.15) is 40.5 Å². The van der Waals surface area contributed by atoms with Crippen molar-refractivity contribution in [2.24, 2.45) is 0 Å². The fourth-order valence-electron chi connectivity index (χ4n) is 3.42. The summed E-state index contributed by atoms with van der Waals surface area (Å²) in [6.45, 7) is 0. The minimum Gasteiger partial charge on any atom is -0.347 e. The molecular formula is C16H16N2S. The molecule has 0 amide bonds. The van der Waals surface area contributed by atoms with E-state index in [9.17, 15) is 0 Å². The third kappa shape index (κ3) is 1.84. The molecule has 0 unspecified atom stereocenters. The molecule has 0 saturated carbocycles. The number of aromatic amines is 1. The van der Waals surface area contributed by atoms with E-state index < -0.39 is 0 Å². The van der Waals surface area contributed by atoms with Gasteiger partial charge in [-0.3, -0.25) is 0 Å². The number of aryl methyl sites for hydroxylation is 1. The van der Waals surface area contributed by atoms with Gasteiger partial charge in [0.25, 0.3) is 0 Å².